The molecule has 1 saturated carbocycles. The summed E-state index contributed by atoms with van der Waals surface area (Å²) in [6, 6.07) is 0.532. The minimum atomic E-state index is 0.532. The fraction of sp³-hybridized carbons (Fsp3) is 1.00. The summed E-state index contributed by atoms with van der Waals surface area (Å²) in [5, 5.41) is 0. The molecule has 1 aliphatic carbocycles. The van der Waals surface area contributed by atoms with Crippen molar-refractivity contribution in [2.24, 2.45) is 5.73 Å². The van der Waals surface area contributed by atoms with Crippen LogP contribution in [-0.4, -0.2) is 13.9 Å². The van der Waals surface area contributed by atoms with Gasteiger partial charge in [0.2, 0.25) is 0 Å². The van der Waals surface area contributed by atoms with E-state index >= 15 is 0 Å². The standard InChI is InChI=1S/C4H10BN/c5-3-1-2-4(3)6/h3-4H,1-2,5-6H2/t3-,4+/m0/s1. The van der Waals surface area contributed by atoms with Crippen LogP contribution in [0.1, 0.15) is 12.8 Å². The smallest absolute Gasteiger partial charge is 0.107 e. The van der Waals surface area contributed by atoms with E-state index in [1.165, 1.54) is 12.8 Å². The van der Waals surface area contributed by atoms with Gasteiger partial charge in [-0.25, -0.2) is 0 Å². The Morgan fingerprint density at radius 1 is 1.50 bits per heavy atom. The lowest BCUT2D eigenvalue weighted by molar-refractivity contribution is 0.418. The highest BCUT2D eigenvalue weighted by atomic mass is 14.7. The Morgan fingerprint density at radius 3 is 2.00 bits per heavy atom. The summed E-state index contributed by atoms with van der Waals surface area (Å²) < 4.78 is 0. The quantitative estimate of drug-likeness (QED) is 0.393. The van der Waals surface area contributed by atoms with Crippen LogP contribution in [0.4, 0.5) is 0 Å². The third kappa shape index (κ3) is 0.452. The first-order valence-corrected chi connectivity index (χ1v) is 2.56. The highest BCUT2D eigenvalue weighted by Gasteiger charge is 2.21. The van der Waals surface area contributed by atoms with Gasteiger partial charge in [0.25, 0.3) is 0 Å². The van der Waals surface area contributed by atoms with Gasteiger partial charge in [-0.3, -0.25) is 0 Å². The lowest BCUT2D eigenvalue weighted by atomic mass is 9.67. The molecule has 1 fully saturated rings. The molecule has 0 aromatic carbocycles. The van der Waals surface area contributed by atoms with E-state index in [-0.39, 0.29) is 0 Å². The van der Waals surface area contributed by atoms with Crippen LogP contribution in [0.3, 0.4) is 0 Å². The van der Waals surface area contributed by atoms with E-state index in [2.05, 4.69) is 7.85 Å². The van der Waals surface area contributed by atoms with Crippen molar-refractivity contribution < 1.29 is 0 Å². The first kappa shape index (κ1) is 4.19. The van der Waals surface area contributed by atoms with E-state index in [0.29, 0.717) is 6.04 Å². The van der Waals surface area contributed by atoms with Gasteiger partial charge in [-0.2, -0.15) is 0 Å². The molecule has 1 nitrogen and oxygen atoms in total. The molecule has 2 heteroatoms. The zero-order valence-electron chi connectivity index (χ0n) is 4.15. The second-order valence-corrected chi connectivity index (χ2v) is 2.22. The summed E-state index contributed by atoms with van der Waals surface area (Å²) >= 11 is 0. The van der Waals surface area contributed by atoms with Gasteiger partial charge in [0.05, 0.1) is 0 Å². The Kier molecular flexibility index (Phi) is 0.883. The molecule has 0 saturated heterocycles. The third-order valence-electron chi connectivity index (χ3n) is 1.69. The van der Waals surface area contributed by atoms with Gasteiger partial charge >= 0.3 is 0 Å². The molecule has 1 rings (SSSR count). The van der Waals surface area contributed by atoms with Gasteiger partial charge in [0.15, 0.2) is 0 Å². The van der Waals surface area contributed by atoms with E-state index in [9.17, 15) is 0 Å². The molecule has 0 aromatic rings. The summed E-state index contributed by atoms with van der Waals surface area (Å²) in [5.41, 5.74) is 5.52. The zero-order valence-corrected chi connectivity index (χ0v) is 4.15. The van der Waals surface area contributed by atoms with Crippen LogP contribution in [0, 0.1) is 0 Å². The summed E-state index contributed by atoms with van der Waals surface area (Å²) in [4.78, 5) is 0. The Hall–Kier alpha value is 0.0249. The molecule has 0 unspecified atom stereocenters. The van der Waals surface area contributed by atoms with Crippen molar-refractivity contribution in [3.63, 3.8) is 0 Å². The maximum absolute atomic E-state index is 5.52. The van der Waals surface area contributed by atoms with Crippen LogP contribution in [0.5, 0.6) is 0 Å². The minimum Gasteiger partial charge on any atom is -0.328 e. The summed E-state index contributed by atoms with van der Waals surface area (Å²) in [6.45, 7) is 0. The van der Waals surface area contributed by atoms with Crippen molar-refractivity contribution in [3.8, 4) is 0 Å². The first-order chi connectivity index (χ1) is 2.80. The maximum atomic E-state index is 5.52. The molecule has 0 bridgehead atoms. The van der Waals surface area contributed by atoms with E-state index < -0.39 is 0 Å². The van der Waals surface area contributed by atoms with Gasteiger partial charge in [0, 0.05) is 0 Å². The lowest BCUT2D eigenvalue weighted by Gasteiger charge is -2.29. The normalized spacial score (nSPS) is 44.8. The number of hydrogen-bond donors (Lipinski definition) is 1. The predicted molar refractivity (Wildman–Crippen MR) is 29.5 cm³/mol. The number of rotatable bonds is 0. The molecule has 0 spiro atoms. The largest absolute Gasteiger partial charge is 0.328 e. The van der Waals surface area contributed by atoms with E-state index in [0.717, 1.165) is 5.82 Å². The molecule has 0 aliphatic heterocycles. The van der Waals surface area contributed by atoms with Crippen LogP contribution in [0.2, 0.25) is 5.82 Å². The summed E-state index contributed by atoms with van der Waals surface area (Å²) in [7, 11) is 2.20. The summed E-state index contributed by atoms with van der Waals surface area (Å²) in [6.07, 6.45) is 2.60. The summed E-state index contributed by atoms with van der Waals surface area (Å²) in [5.74, 6) is 0.810. The average Bonchev–Trinajstić information content (AvgIpc) is 1.61. The molecule has 0 aromatic heterocycles. The van der Waals surface area contributed by atoms with Crippen LogP contribution in [-0.2, 0) is 0 Å². The molecule has 34 valence electrons. The van der Waals surface area contributed by atoms with E-state index in [1.54, 1.807) is 0 Å². The van der Waals surface area contributed by atoms with Crippen LogP contribution >= 0.6 is 0 Å². The molecular formula is C4H10BN. The first-order valence-electron chi connectivity index (χ1n) is 2.56. The topological polar surface area (TPSA) is 26.0 Å². The van der Waals surface area contributed by atoms with Gasteiger partial charge in [-0.15, -0.1) is 0 Å². The number of hydrogen-bond acceptors (Lipinski definition) is 1. The molecule has 1 aliphatic rings. The van der Waals surface area contributed by atoms with Crippen molar-refractivity contribution in [1.82, 2.24) is 0 Å². The monoisotopic (exact) mass is 83.1 g/mol. The van der Waals surface area contributed by atoms with Gasteiger partial charge in [0.1, 0.15) is 7.85 Å². The van der Waals surface area contributed by atoms with Crippen LogP contribution in [0.15, 0.2) is 0 Å². The van der Waals surface area contributed by atoms with Crippen molar-refractivity contribution in [1.29, 1.82) is 0 Å². The maximum Gasteiger partial charge on any atom is 0.107 e. The van der Waals surface area contributed by atoms with Crippen molar-refractivity contribution >= 4 is 7.85 Å². The molecule has 2 N–H and O–H groups in total. The van der Waals surface area contributed by atoms with Crippen LogP contribution in [0.25, 0.3) is 0 Å². The molecule has 6 heavy (non-hydrogen) atoms. The third-order valence-corrected chi connectivity index (χ3v) is 1.69. The highest BCUT2D eigenvalue weighted by Crippen LogP contribution is 2.27. The second kappa shape index (κ2) is 1.26. The lowest BCUT2D eigenvalue weighted by Crippen LogP contribution is -2.34. The Balaban J connectivity index is 2.20. The van der Waals surface area contributed by atoms with Gasteiger partial charge < -0.3 is 5.73 Å². The van der Waals surface area contributed by atoms with Crippen molar-refractivity contribution in [2.45, 2.75) is 24.7 Å². The average molecular weight is 82.9 g/mol. The molecular weight excluding hydrogens is 72.9 g/mol. The Bertz CT molecular complexity index is 47.5. The molecule has 0 amide bonds. The van der Waals surface area contributed by atoms with Crippen LogP contribution < -0.4 is 5.73 Å². The number of nitrogens with two attached hydrogens (primary N) is 1. The van der Waals surface area contributed by atoms with Crippen molar-refractivity contribution in [2.75, 3.05) is 0 Å². The van der Waals surface area contributed by atoms with Crippen molar-refractivity contribution in [3.05, 3.63) is 0 Å². The van der Waals surface area contributed by atoms with Gasteiger partial charge in [-0.1, -0.05) is 12.2 Å². The van der Waals surface area contributed by atoms with Gasteiger partial charge in [-0.05, 0) is 12.5 Å². The fourth-order valence-corrected chi connectivity index (χ4v) is 0.692. The second-order valence-electron chi connectivity index (χ2n) is 2.22. The molecule has 0 radical (unpaired) electrons. The van der Waals surface area contributed by atoms with E-state index in [1.807, 2.05) is 0 Å². The SMILES string of the molecule is B[C@H]1CC[C@H]1N. The zero-order chi connectivity index (χ0) is 4.57. The fourth-order valence-electron chi connectivity index (χ4n) is 0.692. The molecule has 0 heterocycles. The molecule has 2 atom stereocenters. The Morgan fingerprint density at radius 2 is 2.00 bits per heavy atom. The van der Waals surface area contributed by atoms with E-state index in [4.69, 9.17) is 5.73 Å². The predicted octanol–water partition coefficient (Wildman–Crippen LogP) is -0.471. The minimum absolute atomic E-state index is 0.532. The Labute approximate surface area is 39.3 Å². The highest BCUT2D eigenvalue weighted by molar-refractivity contribution is 6.12.